The van der Waals surface area contributed by atoms with Gasteiger partial charge >= 0.3 is 5.97 Å². The smallest absolute Gasteiger partial charge is 0.340 e. The number of hydrogen-bond acceptors (Lipinski definition) is 4. The van der Waals surface area contributed by atoms with E-state index in [9.17, 15) is 9.59 Å². The lowest BCUT2D eigenvalue weighted by molar-refractivity contribution is -0.123. The maximum Gasteiger partial charge on any atom is 0.340 e. The number of thiophene rings is 1. The predicted octanol–water partition coefficient (Wildman–Crippen LogP) is 4.86. The average Bonchev–Trinajstić information content (AvgIpc) is 2.81. The van der Waals surface area contributed by atoms with E-state index in [2.05, 4.69) is 5.32 Å². The van der Waals surface area contributed by atoms with Crippen molar-refractivity contribution < 1.29 is 14.3 Å². The van der Waals surface area contributed by atoms with E-state index in [0.717, 1.165) is 9.75 Å². The first kappa shape index (κ1) is 17.8. The van der Waals surface area contributed by atoms with Crippen LogP contribution in [0.4, 0.5) is 5.69 Å². The Morgan fingerprint density at radius 3 is 2.52 bits per heavy atom. The summed E-state index contributed by atoms with van der Waals surface area (Å²) in [4.78, 5) is 26.1. The van der Waals surface area contributed by atoms with E-state index in [-0.39, 0.29) is 0 Å². The Kier molecular flexibility index (Phi) is 5.68. The highest BCUT2D eigenvalue weighted by molar-refractivity contribution is 7.12. The monoisotopic (exact) mass is 371 g/mol. The number of amides is 1. The van der Waals surface area contributed by atoms with Crippen LogP contribution < -0.4 is 5.32 Å². The van der Waals surface area contributed by atoms with Crippen LogP contribution in [-0.2, 0) is 9.53 Å². The Morgan fingerprint density at radius 2 is 1.91 bits per heavy atom. The molecule has 23 heavy (non-hydrogen) atoms. The molecule has 2 aromatic rings. The van der Waals surface area contributed by atoms with E-state index in [4.69, 9.17) is 27.9 Å². The lowest BCUT2D eigenvalue weighted by Crippen LogP contribution is -2.30. The lowest BCUT2D eigenvalue weighted by atomic mass is 10.2. The third-order valence-corrected chi connectivity index (χ3v) is 4.63. The number of rotatable bonds is 4. The maximum absolute atomic E-state index is 12.1. The van der Waals surface area contributed by atoms with Gasteiger partial charge in [0.1, 0.15) is 0 Å². The van der Waals surface area contributed by atoms with E-state index in [0.29, 0.717) is 21.3 Å². The van der Waals surface area contributed by atoms with Gasteiger partial charge in [-0.2, -0.15) is 0 Å². The van der Waals surface area contributed by atoms with Crippen molar-refractivity contribution in [3.05, 3.63) is 49.6 Å². The molecule has 0 saturated heterocycles. The SMILES string of the molecule is Cc1cc(C(=O)O[C@@H](C)C(=O)Nc2cc(Cl)ccc2Cl)c(C)s1. The normalized spacial score (nSPS) is 11.9. The molecule has 1 aromatic heterocycles. The van der Waals surface area contributed by atoms with E-state index < -0.39 is 18.0 Å². The van der Waals surface area contributed by atoms with Gasteiger partial charge in [0.2, 0.25) is 0 Å². The molecule has 0 aliphatic carbocycles. The van der Waals surface area contributed by atoms with Crippen molar-refractivity contribution in [1.82, 2.24) is 0 Å². The van der Waals surface area contributed by atoms with E-state index in [1.807, 2.05) is 13.8 Å². The minimum absolute atomic E-state index is 0.352. The van der Waals surface area contributed by atoms with Gasteiger partial charge in [-0.25, -0.2) is 4.79 Å². The second-order valence-corrected chi connectivity index (χ2v) is 7.29. The van der Waals surface area contributed by atoms with Crippen LogP contribution in [0, 0.1) is 13.8 Å². The fourth-order valence-corrected chi connectivity index (χ4v) is 3.19. The molecule has 1 heterocycles. The quantitative estimate of drug-likeness (QED) is 0.780. The van der Waals surface area contributed by atoms with Crippen molar-refractivity contribution in [2.75, 3.05) is 5.32 Å². The first-order valence-electron chi connectivity index (χ1n) is 6.82. The van der Waals surface area contributed by atoms with Crippen molar-refractivity contribution in [3.63, 3.8) is 0 Å². The van der Waals surface area contributed by atoms with Crippen LogP contribution in [0.25, 0.3) is 0 Å². The Hall–Kier alpha value is -1.56. The summed E-state index contributed by atoms with van der Waals surface area (Å²) >= 11 is 13.4. The summed E-state index contributed by atoms with van der Waals surface area (Å²) in [5.74, 6) is -1.00. The van der Waals surface area contributed by atoms with Crippen molar-refractivity contribution in [1.29, 1.82) is 0 Å². The molecule has 7 heteroatoms. The summed E-state index contributed by atoms with van der Waals surface area (Å²) in [5.41, 5.74) is 0.850. The molecule has 0 aliphatic heterocycles. The molecular weight excluding hydrogens is 357 g/mol. The number of benzene rings is 1. The minimum Gasteiger partial charge on any atom is -0.449 e. The van der Waals surface area contributed by atoms with Gasteiger partial charge in [-0.3, -0.25) is 4.79 Å². The molecule has 0 spiro atoms. The molecule has 2 rings (SSSR count). The molecular formula is C16H15Cl2NO3S. The molecule has 122 valence electrons. The molecule has 0 bridgehead atoms. The Bertz CT molecular complexity index is 758. The Labute approximate surface area is 148 Å². The zero-order chi connectivity index (χ0) is 17.1. The number of esters is 1. The fourth-order valence-electron chi connectivity index (χ4n) is 1.94. The Balaban J connectivity index is 2.04. The highest BCUT2D eigenvalue weighted by Crippen LogP contribution is 2.26. The molecule has 0 unspecified atom stereocenters. The summed E-state index contributed by atoms with van der Waals surface area (Å²) in [6, 6.07) is 6.47. The van der Waals surface area contributed by atoms with E-state index in [1.165, 1.54) is 24.3 Å². The molecule has 4 nitrogen and oxygen atoms in total. The summed E-state index contributed by atoms with van der Waals surface area (Å²) < 4.78 is 5.21. The van der Waals surface area contributed by atoms with Crippen LogP contribution in [0.15, 0.2) is 24.3 Å². The number of aryl methyl sites for hydroxylation is 2. The van der Waals surface area contributed by atoms with Crippen molar-refractivity contribution >= 4 is 52.1 Å². The molecule has 0 saturated carbocycles. The van der Waals surface area contributed by atoms with Gasteiger partial charge in [0.25, 0.3) is 5.91 Å². The zero-order valence-corrected chi connectivity index (χ0v) is 15.1. The van der Waals surface area contributed by atoms with Crippen LogP contribution in [0.5, 0.6) is 0 Å². The third kappa shape index (κ3) is 4.47. The van der Waals surface area contributed by atoms with Crippen molar-refractivity contribution in [3.8, 4) is 0 Å². The summed E-state index contributed by atoms with van der Waals surface area (Å²) in [6.07, 6.45) is -0.961. The van der Waals surface area contributed by atoms with Gasteiger partial charge in [0.15, 0.2) is 6.10 Å². The zero-order valence-electron chi connectivity index (χ0n) is 12.8. The average molecular weight is 372 g/mol. The van der Waals surface area contributed by atoms with Crippen LogP contribution >= 0.6 is 34.5 Å². The fraction of sp³-hybridized carbons (Fsp3) is 0.250. The second-order valence-electron chi connectivity index (χ2n) is 4.99. The van der Waals surface area contributed by atoms with Gasteiger partial charge in [-0.15, -0.1) is 11.3 Å². The van der Waals surface area contributed by atoms with Gasteiger partial charge < -0.3 is 10.1 Å². The van der Waals surface area contributed by atoms with Gasteiger partial charge in [0.05, 0.1) is 16.3 Å². The van der Waals surface area contributed by atoms with E-state index >= 15 is 0 Å². The van der Waals surface area contributed by atoms with Crippen molar-refractivity contribution in [2.24, 2.45) is 0 Å². The number of hydrogen-bond donors (Lipinski definition) is 1. The molecule has 1 amide bonds. The summed E-state index contributed by atoms with van der Waals surface area (Å²) in [6.45, 7) is 5.25. The number of ether oxygens (including phenoxy) is 1. The highest BCUT2D eigenvalue weighted by atomic mass is 35.5. The van der Waals surface area contributed by atoms with Crippen LogP contribution in [0.1, 0.15) is 27.0 Å². The number of anilines is 1. The van der Waals surface area contributed by atoms with Crippen LogP contribution in [-0.4, -0.2) is 18.0 Å². The van der Waals surface area contributed by atoms with Crippen molar-refractivity contribution in [2.45, 2.75) is 26.9 Å². The highest BCUT2D eigenvalue weighted by Gasteiger charge is 2.21. The van der Waals surface area contributed by atoms with Gasteiger partial charge in [-0.1, -0.05) is 23.2 Å². The number of halogens is 2. The first-order chi connectivity index (χ1) is 10.8. The lowest BCUT2D eigenvalue weighted by Gasteiger charge is -2.14. The second kappa shape index (κ2) is 7.34. The topological polar surface area (TPSA) is 55.4 Å². The third-order valence-electron chi connectivity index (χ3n) is 3.10. The van der Waals surface area contributed by atoms with Crippen LogP contribution in [0.2, 0.25) is 10.0 Å². The molecule has 0 fully saturated rings. The molecule has 1 aromatic carbocycles. The van der Waals surface area contributed by atoms with Gasteiger partial charge in [-0.05, 0) is 45.0 Å². The number of carbonyl (C=O) groups excluding carboxylic acids is 2. The first-order valence-corrected chi connectivity index (χ1v) is 8.39. The van der Waals surface area contributed by atoms with Crippen LogP contribution in [0.3, 0.4) is 0 Å². The minimum atomic E-state index is -0.961. The molecule has 0 aliphatic rings. The summed E-state index contributed by atoms with van der Waals surface area (Å²) in [7, 11) is 0. The molecule has 0 radical (unpaired) electrons. The Morgan fingerprint density at radius 1 is 1.22 bits per heavy atom. The standard InChI is InChI=1S/C16H15Cl2NO3S/c1-8-6-12(10(3)23-8)16(21)22-9(2)15(20)19-14-7-11(17)4-5-13(14)18/h4-7,9H,1-3H3,(H,19,20)/t9-/m0/s1. The van der Waals surface area contributed by atoms with E-state index in [1.54, 1.807) is 18.2 Å². The number of carbonyl (C=O) groups is 2. The molecule has 1 atom stereocenters. The molecule has 1 N–H and O–H groups in total. The maximum atomic E-state index is 12.1. The summed E-state index contributed by atoms with van der Waals surface area (Å²) in [5, 5.41) is 3.39. The largest absolute Gasteiger partial charge is 0.449 e. The predicted molar refractivity (Wildman–Crippen MR) is 93.8 cm³/mol. The number of nitrogens with one attached hydrogen (secondary N) is 1. The van der Waals surface area contributed by atoms with Gasteiger partial charge in [0, 0.05) is 14.8 Å².